The number of ketones is 1. The minimum Gasteiger partial charge on any atom is -0.378 e. The molecule has 2 aliphatic heterocycles. The van der Waals surface area contributed by atoms with Gasteiger partial charge in [-0.2, -0.15) is 0 Å². The molecule has 2 aliphatic rings. The summed E-state index contributed by atoms with van der Waals surface area (Å²) in [5, 5.41) is 0. The number of ether oxygens (including phenoxy) is 4. The second kappa shape index (κ2) is 14.9. The van der Waals surface area contributed by atoms with E-state index >= 15 is 0 Å². The molecule has 0 fully saturated rings. The van der Waals surface area contributed by atoms with Crippen molar-refractivity contribution in [3.05, 3.63) is 69.8 Å². The van der Waals surface area contributed by atoms with Gasteiger partial charge in [0.25, 0.3) is 23.6 Å². The molecule has 13 nitrogen and oxygen atoms in total. The third kappa shape index (κ3) is 6.95. The van der Waals surface area contributed by atoms with Crippen LogP contribution in [0.4, 0.5) is 0 Å². The number of benzene rings is 2. The molecule has 0 atom stereocenters. The number of carbonyl (C=O) groups is 5. The number of hydrogen-bond donors (Lipinski definition) is 2. The predicted molar refractivity (Wildman–Crippen MR) is 148 cm³/mol. The molecule has 4 rings (SSSR count). The highest BCUT2D eigenvalue weighted by molar-refractivity contribution is 6.24. The lowest BCUT2D eigenvalue weighted by molar-refractivity contribution is 0.0367. The fourth-order valence-electron chi connectivity index (χ4n) is 4.56. The van der Waals surface area contributed by atoms with E-state index < -0.39 is 29.4 Å². The van der Waals surface area contributed by atoms with Crippen molar-refractivity contribution in [2.24, 2.45) is 11.5 Å². The first-order valence-electron chi connectivity index (χ1n) is 13.6. The number of hydrogen-bond acceptors (Lipinski definition) is 11. The number of rotatable bonds is 18. The average Bonchev–Trinajstić information content (AvgIpc) is 3.38. The van der Waals surface area contributed by atoms with Crippen molar-refractivity contribution in [1.29, 1.82) is 0 Å². The number of fused-ring (bicyclic) bond motifs is 2. The summed E-state index contributed by atoms with van der Waals surface area (Å²) in [6.45, 7) is 3.34. The van der Waals surface area contributed by atoms with E-state index in [-0.39, 0.29) is 59.7 Å². The molecule has 0 aromatic heterocycles. The van der Waals surface area contributed by atoms with E-state index in [4.69, 9.17) is 30.4 Å². The highest BCUT2D eigenvalue weighted by atomic mass is 16.5. The molecule has 4 N–H and O–H groups in total. The lowest BCUT2D eigenvalue weighted by atomic mass is 9.96. The molecule has 4 amide bonds. The zero-order chi connectivity index (χ0) is 30.1. The molecule has 0 bridgehead atoms. The maximum absolute atomic E-state index is 13.3. The van der Waals surface area contributed by atoms with Crippen LogP contribution in [0.2, 0.25) is 0 Å². The van der Waals surface area contributed by atoms with E-state index in [9.17, 15) is 24.0 Å². The van der Waals surface area contributed by atoms with Gasteiger partial charge < -0.3 is 30.4 Å². The van der Waals surface area contributed by atoms with Crippen LogP contribution in [-0.4, -0.2) is 118 Å². The monoisotopic (exact) mass is 582 g/mol. The van der Waals surface area contributed by atoms with Crippen LogP contribution in [-0.2, 0) is 18.9 Å². The second-order valence-corrected chi connectivity index (χ2v) is 9.40. The smallest absolute Gasteiger partial charge is 0.261 e. The minimum absolute atomic E-state index is 0.0527. The lowest BCUT2D eigenvalue weighted by Gasteiger charge is -2.13. The first-order chi connectivity index (χ1) is 20.4. The fraction of sp³-hybridized carbons (Fsp3) is 0.414. The number of nitrogens with two attached hydrogens (primary N) is 2. The van der Waals surface area contributed by atoms with Crippen LogP contribution in [0, 0.1) is 0 Å². The molecule has 224 valence electrons. The summed E-state index contributed by atoms with van der Waals surface area (Å²) in [5.41, 5.74) is 11.7. The number of imide groups is 2. The largest absolute Gasteiger partial charge is 0.378 e. The third-order valence-corrected chi connectivity index (χ3v) is 6.65. The van der Waals surface area contributed by atoms with Crippen molar-refractivity contribution < 1.29 is 42.9 Å². The highest BCUT2D eigenvalue weighted by Gasteiger charge is 2.37. The predicted octanol–water partition coefficient (Wildman–Crippen LogP) is 0.0934. The Bertz CT molecular complexity index is 1250. The molecular weight excluding hydrogens is 548 g/mol. The van der Waals surface area contributed by atoms with Gasteiger partial charge in [0.15, 0.2) is 5.78 Å². The van der Waals surface area contributed by atoms with Crippen LogP contribution in [0.3, 0.4) is 0 Å². The first kappa shape index (κ1) is 31.1. The fourth-order valence-corrected chi connectivity index (χ4v) is 4.56. The van der Waals surface area contributed by atoms with Gasteiger partial charge in [-0.3, -0.25) is 33.8 Å². The van der Waals surface area contributed by atoms with Gasteiger partial charge in [0.05, 0.1) is 88.2 Å². The van der Waals surface area contributed by atoms with Gasteiger partial charge in [-0.25, -0.2) is 0 Å². The highest BCUT2D eigenvalue weighted by Crippen LogP contribution is 2.27. The quantitative estimate of drug-likeness (QED) is 0.138. The van der Waals surface area contributed by atoms with E-state index in [1.165, 1.54) is 36.4 Å². The molecule has 2 aromatic rings. The van der Waals surface area contributed by atoms with Crippen LogP contribution in [0.1, 0.15) is 57.4 Å². The topological polar surface area (TPSA) is 181 Å². The van der Waals surface area contributed by atoms with Crippen LogP contribution >= 0.6 is 0 Å². The van der Waals surface area contributed by atoms with Gasteiger partial charge in [0.2, 0.25) is 0 Å². The second-order valence-electron chi connectivity index (χ2n) is 9.40. The lowest BCUT2D eigenvalue weighted by Crippen LogP contribution is -2.33. The van der Waals surface area contributed by atoms with Crippen molar-refractivity contribution in [1.82, 2.24) is 9.80 Å². The van der Waals surface area contributed by atoms with Gasteiger partial charge in [0.1, 0.15) is 0 Å². The Labute approximate surface area is 242 Å². The third-order valence-electron chi connectivity index (χ3n) is 6.65. The van der Waals surface area contributed by atoms with Crippen LogP contribution in [0.25, 0.3) is 0 Å². The molecule has 0 spiro atoms. The van der Waals surface area contributed by atoms with E-state index in [0.29, 0.717) is 52.7 Å². The Morgan fingerprint density at radius 2 is 0.881 bits per heavy atom. The Kier molecular flexibility index (Phi) is 11.0. The van der Waals surface area contributed by atoms with E-state index in [0.717, 1.165) is 9.80 Å². The van der Waals surface area contributed by atoms with Crippen molar-refractivity contribution in [2.45, 2.75) is 0 Å². The zero-order valence-electron chi connectivity index (χ0n) is 23.2. The van der Waals surface area contributed by atoms with Gasteiger partial charge in [-0.15, -0.1) is 0 Å². The summed E-state index contributed by atoms with van der Waals surface area (Å²) in [4.78, 5) is 66.9. The molecule has 2 aromatic carbocycles. The minimum atomic E-state index is -0.522. The summed E-state index contributed by atoms with van der Waals surface area (Å²) >= 11 is 0. The van der Waals surface area contributed by atoms with Crippen LogP contribution in [0.5, 0.6) is 0 Å². The molecule has 0 saturated heterocycles. The molecule has 13 heteroatoms. The Balaban J connectivity index is 1.36. The summed E-state index contributed by atoms with van der Waals surface area (Å²) in [7, 11) is 0. The Morgan fingerprint density at radius 3 is 1.26 bits per heavy atom. The summed E-state index contributed by atoms with van der Waals surface area (Å²) in [6.07, 6.45) is 0. The van der Waals surface area contributed by atoms with E-state index in [1.807, 2.05) is 0 Å². The number of nitrogens with zero attached hydrogens (tertiary/aromatic N) is 2. The summed E-state index contributed by atoms with van der Waals surface area (Å²) in [6, 6.07) is 8.55. The number of carbonyl (C=O) groups excluding carboxylic acids is 5. The Hall–Kier alpha value is -3.85. The summed E-state index contributed by atoms with van der Waals surface area (Å²) < 4.78 is 21.3. The van der Waals surface area contributed by atoms with Gasteiger partial charge >= 0.3 is 0 Å². The molecule has 0 saturated carbocycles. The molecular formula is C29H34N4O9. The SMILES string of the molecule is NCCOCCOCCN1C(=O)c2ccc(C(=O)c3ccc4c(c3)C(=O)N(CCOCCOCCN)C4=O)cc2C1=O. The van der Waals surface area contributed by atoms with Gasteiger partial charge in [-0.1, -0.05) is 12.1 Å². The standard InChI is InChI=1S/C29H34N4O9/c30-5-9-39-13-15-41-11-7-32-26(35)21-3-1-19(17-23(21)28(32)37)25(34)20-2-4-22-24(18-20)29(38)33(27(22)36)8-12-42-16-14-40-10-6-31/h1-4,17-18H,5-16,30-31H2. The molecule has 0 aliphatic carbocycles. The average molecular weight is 583 g/mol. The molecule has 0 unspecified atom stereocenters. The van der Waals surface area contributed by atoms with E-state index in [1.54, 1.807) is 0 Å². The van der Waals surface area contributed by atoms with Crippen LogP contribution < -0.4 is 11.5 Å². The van der Waals surface area contributed by atoms with Gasteiger partial charge in [0, 0.05) is 24.2 Å². The normalized spacial score (nSPS) is 14.2. The van der Waals surface area contributed by atoms with Gasteiger partial charge in [-0.05, 0) is 24.3 Å². The van der Waals surface area contributed by atoms with Crippen molar-refractivity contribution >= 4 is 29.4 Å². The molecule has 42 heavy (non-hydrogen) atoms. The maximum Gasteiger partial charge on any atom is 0.261 e. The van der Waals surface area contributed by atoms with Crippen molar-refractivity contribution in [3.63, 3.8) is 0 Å². The first-order valence-corrected chi connectivity index (χ1v) is 13.6. The van der Waals surface area contributed by atoms with E-state index in [2.05, 4.69) is 0 Å². The Morgan fingerprint density at radius 1 is 0.524 bits per heavy atom. The molecule has 0 radical (unpaired) electrons. The zero-order valence-corrected chi connectivity index (χ0v) is 23.2. The van der Waals surface area contributed by atoms with Crippen molar-refractivity contribution in [3.8, 4) is 0 Å². The summed E-state index contributed by atoms with van der Waals surface area (Å²) in [5.74, 6) is -2.44. The van der Waals surface area contributed by atoms with Crippen molar-refractivity contribution in [2.75, 3.05) is 79.0 Å². The number of amides is 4. The molecule has 2 heterocycles. The maximum atomic E-state index is 13.3. The van der Waals surface area contributed by atoms with Crippen LogP contribution in [0.15, 0.2) is 36.4 Å².